The van der Waals surface area contributed by atoms with Crippen molar-refractivity contribution in [3.05, 3.63) is 176 Å². The van der Waals surface area contributed by atoms with E-state index >= 15 is 0 Å². The largest absolute Gasteiger partial charge is 0.309 e. The SMILES string of the molecule is c1ccc2cc(N(c3cc4ccc5cccc6c7cccc8ccc9cccc(c(c3)c4c56)c9c87)c3cccc4c3sc3ccccc34)ccc2c1. The van der Waals surface area contributed by atoms with Crippen LogP contribution in [0.25, 0.3) is 95.6 Å². The highest BCUT2D eigenvalue weighted by molar-refractivity contribution is 7.26. The lowest BCUT2D eigenvalue weighted by molar-refractivity contribution is 1.32. The maximum Gasteiger partial charge on any atom is 0.0640 e. The molecule has 1 nitrogen and oxygen atoms in total. The highest BCUT2D eigenvalue weighted by Gasteiger charge is 2.22. The van der Waals surface area contributed by atoms with Gasteiger partial charge in [-0.25, -0.2) is 0 Å². The van der Waals surface area contributed by atoms with Crippen molar-refractivity contribution in [3.8, 4) is 0 Å². The standard InChI is InChI=1S/C50H29NS/c1-2-10-34-27-36(26-25-30(34)9-1)51(44-19-8-18-42-38-14-3-4-20-45(38)52-50(42)44)37-28-35-24-23-33-12-6-16-40-39-15-5-11-31-21-22-32-13-7-17-41(48(32)46(31)39)43(29-37)49(35)47(33)40/h1-29H. The quantitative estimate of drug-likeness (QED) is 0.169. The van der Waals surface area contributed by atoms with Crippen LogP contribution in [0.2, 0.25) is 0 Å². The summed E-state index contributed by atoms with van der Waals surface area (Å²) in [7, 11) is 0. The molecule has 240 valence electrons. The van der Waals surface area contributed by atoms with E-state index < -0.39 is 0 Å². The highest BCUT2D eigenvalue weighted by atomic mass is 32.1. The molecule has 0 aliphatic heterocycles. The second-order valence-corrected chi connectivity index (χ2v) is 15.1. The summed E-state index contributed by atoms with van der Waals surface area (Å²) in [5, 5.41) is 20.6. The normalized spacial score (nSPS) is 12.2. The van der Waals surface area contributed by atoms with Crippen LogP contribution in [-0.2, 0) is 0 Å². The maximum atomic E-state index is 2.50. The van der Waals surface area contributed by atoms with E-state index in [1.54, 1.807) is 0 Å². The second-order valence-electron chi connectivity index (χ2n) is 14.1. The molecular formula is C50H29NS. The molecule has 0 spiro atoms. The van der Waals surface area contributed by atoms with E-state index in [4.69, 9.17) is 0 Å². The summed E-state index contributed by atoms with van der Waals surface area (Å²) in [4.78, 5) is 2.50. The zero-order chi connectivity index (χ0) is 33.9. The monoisotopic (exact) mass is 675 g/mol. The second kappa shape index (κ2) is 10.5. The van der Waals surface area contributed by atoms with Crippen molar-refractivity contribution in [2.75, 3.05) is 4.90 Å². The van der Waals surface area contributed by atoms with Crippen LogP contribution in [0.4, 0.5) is 17.1 Å². The van der Waals surface area contributed by atoms with E-state index in [2.05, 4.69) is 181 Å². The molecule has 0 aliphatic carbocycles. The van der Waals surface area contributed by atoms with Crippen molar-refractivity contribution in [1.82, 2.24) is 0 Å². The first-order chi connectivity index (χ1) is 25.8. The molecule has 0 saturated heterocycles. The lowest BCUT2D eigenvalue weighted by atomic mass is 9.87. The molecule has 0 aliphatic rings. The van der Waals surface area contributed by atoms with Gasteiger partial charge in [-0.05, 0) is 112 Å². The van der Waals surface area contributed by atoms with Crippen LogP contribution in [0.15, 0.2) is 176 Å². The average Bonchev–Trinajstić information content (AvgIpc) is 3.59. The number of hydrogen-bond acceptors (Lipinski definition) is 2. The molecule has 0 N–H and O–H groups in total. The summed E-state index contributed by atoms with van der Waals surface area (Å²) in [5.41, 5.74) is 3.49. The lowest BCUT2D eigenvalue weighted by Gasteiger charge is -2.27. The molecule has 2 heteroatoms. The average molecular weight is 676 g/mol. The predicted octanol–water partition coefficient (Wildman–Crippen LogP) is 15.0. The number of benzene rings is 10. The van der Waals surface area contributed by atoms with E-state index in [9.17, 15) is 0 Å². The van der Waals surface area contributed by atoms with E-state index in [-0.39, 0.29) is 0 Å². The third kappa shape index (κ3) is 3.87. The number of rotatable bonds is 3. The summed E-state index contributed by atoms with van der Waals surface area (Å²) in [6, 6.07) is 65.8. The van der Waals surface area contributed by atoms with Gasteiger partial charge in [-0.15, -0.1) is 11.3 Å². The van der Waals surface area contributed by atoms with Gasteiger partial charge < -0.3 is 4.90 Å². The molecule has 12 aromatic rings. The van der Waals surface area contributed by atoms with Crippen LogP contribution in [0.5, 0.6) is 0 Å². The van der Waals surface area contributed by atoms with Crippen molar-refractivity contribution in [1.29, 1.82) is 0 Å². The van der Waals surface area contributed by atoms with E-state index in [0.717, 1.165) is 11.4 Å². The highest BCUT2D eigenvalue weighted by Crippen LogP contribution is 2.49. The topological polar surface area (TPSA) is 3.24 Å². The number of thiophene rings is 1. The molecule has 0 amide bonds. The zero-order valence-electron chi connectivity index (χ0n) is 28.1. The third-order valence-electron chi connectivity index (χ3n) is 11.3. The Labute approximate surface area is 303 Å². The van der Waals surface area contributed by atoms with Crippen molar-refractivity contribution in [3.63, 3.8) is 0 Å². The molecule has 11 aromatic carbocycles. The molecule has 12 rings (SSSR count). The molecule has 0 saturated carbocycles. The minimum atomic E-state index is 1.15. The van der Waals surface area contributed by atoms with Crippen LogP contribution < -0.4 is 4.90 Å². The zero-order valence-corrected chi connectivity index (χ0v) is 28.9. The third-order valence-corrected chi connectivity index (χ3v) is 12.5. The van der Waals surface area contributed by atoms with Gasteiger partial charge in [0, 0.05) is 26.8 Å². The van der Waals surface area contributed by atoms with Crippen molar-refractivity contribution in [2.24, 2.45) is 0 Å². The lowest BCUT2D eigenvalue weighted by Crippen LogP contribution is -2.10. The fourth-order valence-corrected chi connectivity index (χ4v) is 10.3. The molecule has 0 atom stereocenters. The van der Waals surface area contributed by atoms with Crippen LogP contribution >= 0.6 is 11.3 Å². The maximum absolute atomic E-state index is 2.50. The van der Waals surface area contributed by atoms with Crippen LogP contribution in [0, 0.1) is 0 Å². The summed E-state index contributed by atoms with van der Waals surface area (Å²) >= 11 is 1.88. The van der Waals surface area contributed by atoms with Crippen molar-refractivity contribution in [2.45, 2.75) is 0 Å². The van der Waals surface area contributed by atoms with Gasteiger partial charge in [0.15, 0.2) is 0 Å². The van der Waals surface area contributed by atoms with Gasteiger partial charge in [0.1, 0.15) is 0 Å². The Kier molecular flexibility index (Phi) is 5.71. The fourth-order valence-electron chi connectivity index (χ4n) is 9.05. The predicted molar refractivity (Wildman–Crippen MR) is 228 cm³/mol. The summed E-state index contributed by atoms with van der Waals surface area (Å²) in [5.74, 6) is 0. The minimum Gasteiger partial charge on any atom is -0.309 e. The summed E-state index contributed by atoms with van der Waals surface area (Å²) in [6.07, 6.45) is 0. The van der Waals surface area contributed by atoms with Gasteiger partial charge in [0.05, 0.1) is 10.4 Å². The number of anilines is 3. The van der Waals surface area contributed by atoms with Gasteiger partial charge in [-0.1, -0.05) is 140 Å². The Bertz CT molecular complexity index is 3420. The van der Waals surface area contributed by atoms with Crippen LogP contribution in [0.1, 0.15) is 0 Å². The van der Waals surface area contributed by atoms with Crippen LogP contribution in [-0.4, -0.2) is 0 Å². The molecule has 0 bridgehead atoms. The minimum absolute atomic E-state index is 1.15. The number of fused-ring (bicyclic) bond motifs is 6. The molecule has 1 aromatic heterocycles. The van der Waals surface area contributed by atoms with Crippen molar-refractivity contribution < 1.29 is 0 Å². The summed E-state index contributed by atoms with van der Waals surface area (Å²) < 4.78 is 2.60. The van der Waals surface area contributed by atoms with Crippen molar-refractivity contribution >= 4 is 124 Å². The Morgan fingerprint density at radius 2 is 0.808 bits per heavy atom. The smallest absolute Gasteiger partial charge is 0.0640 e. The number of nitrogens with zero attached hydrogens (tertiary/aromatic N) is 1. The Hall–Kier alpha value is -6.48. The van der Waals surface area contributed by atoms with Crippen LogP contribution in [0.3, 0.4) is 0 Å². The first-order valence-electron chi connectivity index (χ1n) is 17.9. The molecule has 0 radical (unpaired) electrons. The first-order valence-corrected chi connectivity index (χ1v) is 18.7. The molecular weight excluding hydrogens is 647 g/mol. The van der Waals surface area contributed by atoms with Gasteiger partial charge in [0.25, 0.3) is 0 Å². The van der Waals surface area contributed by atoms with Gasteiger partial charge in [-0.3, -0.25) is 0 Å². The Balaban J connectivity index is 1.28. The van der Waals surface area contributed by atoms with E-state index in [0.29, 0.717) is 0 Å². The first kappa shape index (κ1) is 28.2. The molecule has 0 unspecified atom stereocenters. The molecule has 52 heavy (non-hydrogen) atoms. The van der Waals surface area contributed by atoms with E-state index in [1.807, 2.05) is 11.3 Å². The Morgan fingerprint density at radius 3 is 1.54 bits per heavy atom. The van der Waals surface area contributed by atoms with Gasteiger partial charge in [0.2, 0.25) is 0 Å². The molecule has 1 heterocycles. The fraction of sp³-hybridized carbons (Fsp3) is 0. The van der Waals surface area contributed by atoms with E-state index in [1.165, 1.54) is 101 Å². The summed E-state index contributed by atoms with van der Waals surface area (Å²) in [6.45, 7) is 0. The van der Waals surface area contributed by atoms with Gasteiger partial charge in [-0.2, -0.15) is 0 Å². The number of hydrogen-bond donors (Lipinski definition) is 0. The molecule has 0 fully saturated rings. The Morgan fingerprint density at radius 1 is 0.308 bits per heavy atom. The van der Waals surface area contributed by atoms with Gasteiger partial charge >= 0.3 is 0 Å².